The molecule has 9 heteroatoms. The number of thioether (sulfide) groups is 1. The van der Waals surface area contributed by atoms with Gasteiger partial charge in [-0.2, -0.15) is 0 Å². The van der Waals surface area contributed by atoms with Crippen LogP contribution in [0.5, 0.6) is 0 Å². The molecule has 2 aromatic rings. The third-order valence-electron chi connectivity index (χ3n) is 5.19. The van der Waals surface area contributed by atoms with E-state index in [9.17, 15) is 13.2 Å². The Bertz CT molecular complexity index is 1030. The van der Waals surface area contributed by atoms with Gasteiger partial charge in [-0.1, -0.05) is 68.4 Å². The topological polar surface area (TPSA) is 80.2 Å². The predicted octanol–water partition coefficient (Wildman–Crippen LogP) is 3.98. The zero-order valence-electron chi connectivity index (χ0n) is 17.6. The van der Waals surface area contributed by atoms with E-state index >= 15 is 0 Å². The fraction of sp³-hybridized carbons (Fsp3) is 0.476. The van der Waals surface area contributed by atoms with E-state index in [0.29, 0.717) is 18.1 Å². The van der Waals surface area contributed by atoms with Crippen molar-refractivity contribution in [2.75, 3.05) is 17.8 Å². The smallest absolute Gasteiger partial charge is 0.274 e. The quantitative estimate of drug-likeness (QED) is 0.488. The Labute approximate surface area is 187 Å². The lowest BCUT2D eigenvalue weighted by molar-refractivity contribution is 0.0674. The highest BCUT2D eigenvalue weighted by Gasteiger charge is 2.36. The Kier molecular flexibility index (Phi) is 6.79. The van der Waals surface area contributed by atoms with Crippen molar-refractivity contribution in [1.82, 2.24) is 14.9 Å². The lowest BCUT2D eigenvalue weighted by Gasteiger charge is -2.29. The van der Waals surface area contributed by atoms with Gasteiger partial charge < -0.3 is 4.90 Å². The molecule has 162 valence electrons. The zero-order valence-corrected chi connectivity index (χ0v) is 19.9. The van der Waals surface area contributed by atoms with Gasteiger partial charge in [-0.25, -0.2) is 18.4 Å². The molecule has 0 spiro atoms. The maximum Gasteiger partial charge on any atom is 0.274 e. The molecule has 1 aromatic heterocycles. The summed E-state index contributed by atoms with van der Waals surface area (Å²) in [5.74, 6) is -0.339. The molecule has 1 saturated heterocycles. The van der Waals surface area contributed by atoms with Gasteiger partial charge in [-0.15, -0.1) is 0 Å². The van der Waals surface area contributed by atoms with Crippen LogP contribution in [0, 0.1) is 0 Å². The van der Waals surface area contributed by atoms with Crippen molar-refractivity contribution in [2.24, 2.45) is 0 Å². The Morgan fingerprint density at radius 1 is 1.27 bits per heavy atom. The first-order chi connectivity index (χ1) is 14.0. The number of carbonyl (C=O) groups excluding carboxylic acids is 1. The molecular formula is C21H26ClN3O3S2. The van der Waals surface area contributed by atoms with Gasteiger partial charge in [0.1, 0.15) is 0 Å². The summed E-state index contributed by atoms with van der Waals surface area (Å²) in [6, 6.07) is 7.66. The van der Waals surface area contributed by atoms with Crippen molar-refractivity contribution in [2.45, 2.75) is 50.4 Å². The molecule has 0 N–H and O–H groups in total. The van der Waals surface area contributed by atoms with Crippen molar-refractivity contribution in [3.63, 3.8) is 0 Å². The van der Waals surface area contributed by atoms with Crippen LogP contribution in [-0.2, 0) is 21.8 Å². The summed E-state index contributed by atoms with van der Waals surface area (Å²) in [7, 11) is -3.16. The molecule has 1 aliphatic rings. The van der Waals surface area contributed by atoms with Crippen LogP contribution in [0.1, 0.15) is 48.8 Å². The van der Waals surface area contributed by atoms with E-state index in [0.717, 1.165) is 5.56 Å². The number of sulfone groups is 1. The Morgan fingerprint density at radius 3 is 2.47 bits per heavy atom. The molecule has 1 aromatic carbocycles. The molecule has 1 atom stereocenters. The van der Waals surface area contributed by atoms with E-state index in [-0.39, 0.29) is 33.5 Å². The number of nitrogens with zero attached hydrogens (tertiary/aromatic N) is 3. The second-order valence-electron chi connectivity index (χ2n) is 8.49. The van der Waals surface area contributed by atoms with Crippen molar-refractivity contribution < 1.29 is 13.2 Å². The van der Waals surface area contributed by atoms with E-state index in [1.165, 1.54) is 23.5 Å². The highest BCUT2D eigenvalue weighted by molar-refractivity contribution is 7.98. The molecule has 1 amide bonds. The van der Waals surface area contributed by atoms with E-state index in [4.69, 9.17) is 11.6 Å². The number of benzene rings is 1. The van der Waals surface area contributed by atoms with Crippen molar-refractivity contribution in [3.05, 3.63) is 52.3 Å². The summed E-state index contributed by atoms with van der Waals surface area (Å²) in [5, 5.41) is 0.600. The number of amides is 1. The van der Waals surface area contributed by atoms with E-state index in [2.05, 4.69) is 30.7 Å². The van der Waals surface area contributed by atoms with E-state index < -0.39 is 15.9 Å². The molecular weight excluding hydrogens is 442 g/mol. The number of hydrogen-bond donors (Lipinski definition) is 0. The van der Waals surface area contributed by atoms with E-state index in [1.54, 1.807) is 4.90 Å². The number of hydrogen-bond acceptors (Lipinski definition) is 6. The molecule has 0 bridgehead atoms. The van der Waals surface area contributed by atoms with Crippen LogP contribution in [0.3, 0.4) is 0 Å². The minimum absolute atomic E-state index is 0.0241. The Morgan fingerprint density at radius 2 is 1.93 bits per heavy atom. The molecule has 0 radical (unpaired) electrons. The fourth-order valence-electron chi connectivity index (χ4n) is 3.43. The zero-order chi connectivity index (χ0) is 22.1. The highest BCUT2D eigenvalue weighted by atomic mass is 35.5. The van der Waals surface area contributed by atoms with Crippen LogP contribution in [0.25, 0.3) is 0 Å². The van der Waals surface area contributed by atoms with Gasteiger partial charge in [-0.3, -0.25) is 4.79 Å². The molecule has 30 heavy (non-hydrogen) atoms. The Balaban J connectivity index is 1.94. The van der Waals surface area contributed by atoms with Crippen LogP contribution in [-0.4, -0.2) is 53.0 Å². The minimum Gasteiger partial charge on any atom is -0.329 e. The largest absolute Gasteiger partial charge is 0.329 e. The summed E-state index contributed by atoms with van der Waals surface area (Å²) in [6.07, 6.45) is 3.64. The predicted molar refractivity (Wildman–Crippen MR) is 121 cm³/mol. The third kappa shape index (κ3) is 5.34. The molecule has 6 nitrogen and oxygen atoms in total. The number of rotatable bonds is 5. The fourth-order valence-corrected chi connectivity index (χ4v) is 5.67. The maximum atomic E-state index is 13.4. The third-order valence-corrected chi connectivity index (χ3v) is 7.78. The Hall–Kier alpha value is -1.64. The standard InChI is InChI=1S/C21H26ClN3O3S2/c1-21(2,3)15-7-5-14(6-8-15)12-25(16-9-10-30(27,28)13-16)19(26)18-17(22)11-23-20(24-18)29-4/h5-8,11,16H,9-10,12-13H2,1-4H3. The van der Waals surface area contributed by atoms with Gasteiger partial charge in [0.25, 0.3) is 5.91 Å². The van der Waals surface area contributed by atoms with Gasteiger partial charge in [0, 0.05) is 12.6 Å². The van der Waals surface area contributed by atoms with Crippen molar-refractivity contribution in [3.8, 4) is 0 Å². The number of aromatic nitrogens is 2. The molecule has 1 fully saturated rings. The first-order valence-corrected chi connectivity index (χ1v) is 13.1. The maximum absolute atomic E-state index is 13.4. The van der Waals surface area contributed by atoms with Crippen LogP contribution in [0.15, 0.2) is 35.6 Å². The molecule has 1 aliphatic heterocycles. The summed E-state index contributed by atoms with van der Waals surface area (Å²) in [6.45, 7) is 6.71. The number of halogens is 1. The molecule has 0 aliphatic carbocycles. The molecule has 2 heterocycles. The lowest BCUT2D eigenvalue weighted by atomic mass is 9.86. The van der Waals surface area contributed by atoms with Crippen LogP contribution in [0.2, 0.25) is 5.02 Å². The first kappa shape index (κ1) is 23.0. The average molecular weight is 468 g/mol. The van der Waals surface area contributed by atoms with Gasteiger partial charge in [-0.05, 0) is 29.2 Å². The van der Waals surface area contributed by atoms with Gasteiger partial charge in [0.15, 0.2) is 20.7 Å². The van der Waals surface area contributed by atoms with Gasteiger partial charge in [0.05, 0.1) is 22.7 Å². The summed E-state index contributed by atoms with van der Waals surface area (Å²) in [5.41, 5.74) is 2.24. The average Bonchev–Trinajstić information content (AvgIpc) is 3.05. The first-order valence-electron chi connectivity index (χ1n) is 9.67. The summed E-state index contributed by atoms with van der Waals surface area (Å²) in [4.78, 5) is 23.4. The summed E-state index contributed by atoms with van der Waals surface area (Å²) >= 11 is 7.54. The molecule has 0 saturated carbocycles. The lowest BCUT2D eigenvalue weighted by Crippen LogP contribution is -2.41. The van der Waals surface area contributed by atoms with Crippen LogP contribution >= 0.6 is 23.4 Å². The van der Waals surface area contributed by atoms with Gasteiger partial charge >= 0.3 is 0 Å². The molecule has 3 rings (SSSR count). The second-order valence-corrected chi connectivity index (χ2v) is 11.9. The normalized spacial score (nSPS) is 18.4. The van der Waals surface area contributed by atoms with Crippen molar-refractivity contribution >= 4 is 39.1 Å². The summed E-state index contributed by atoms with van der Waals surface area (Å²) < 4.78 is 24.2. The second kappa shape index (κ2) is 8.85. The number of carbonyl (C=O) groups is 1. The van der Waals surface area contributed by atoms with Crippen LogP contribution in [0.4, 0.5) is 0 Å². The van der Waals surface area contributed by atoms with Crippen LogP contribution < -0.4 is 0 Å². The monoisotopic (exact) mass is 467 g/mol. The highest BCUT2D eigenvalue weighted by Crippen LogP contribution is 2.27. The SMILES string of the molecule is CSc1ncc(Cl)c(C(=O)N(Cc2ccc(C(C)(C)C)cc2)C2CCS(=O)(=O)C2)n1. The minimum atomic E-state index is -3.16. The van der Waals surface area contributed by atoms with E-state index in [1.807, 2.05) is 30.5 Å². The van der Waals surface area contributed by atoms with Crippen molar-refractivity contribution in [1.29, 1.82) is 0 Å². The van der Waals surface area contributed by atoms with Gasteiger partial charge in [0.2, 0.25) is 0 Å². The molecule has 1 unspecified atom stereocenters.